The second-order valence-corrected chi connectivity index (χ2v) is 9.51. The SMILES string of the molecule is NC(=O)N1CCc2cc(N(CP(=O)(O)O)Sc3cc(Cl)cc(Cl)c3)ccc21. The number of amides is 2. The molecule has 0 radical (unpaired) electrons. The highest BCUT2D eigenvalue weighted by atomic mass is 35.5. The third kappa shape index (κ3) is 5.10. The summed E-state index contributed by atoms with van der Waals surface area (Å²) in [6, 6.07) is 9.58. The number of fused-ring (bicyclic) bond motifs is 1. The Labute approximate surface area is 170 Å². The molecule has 0 atom stereocenters. The van der Waals surface area contributed by atoms with Gasteiger partial charge in [0.15, 0.2) is 0 Å². The van der Waals surface area contributed by atoms with Crippen LogP contribution in [0, 0.1) is 0 Å². The normalized spacial score (nSPS) is 13.6. The van der Waals surface area contributed by atoms with Crippen LogP contribution >= 0.6 is 42.7 Å². The minimum Gasteiger partial charge on any atom is -0.351 e. The second-order valence-electron chi connectivity index (χ2n) is 5.93. The number of nitrogens with zero attached hydrogens (tertiary/aromatic N) is 2. The van der Waals surface area contributed by atoms with E-state index in [4.69, 9.17) is 28.9 Å². The van der Waals surface area contributed by atoms with E-state index in [-0.39, 0.29) is 0 Å². The van der Waals surface area contributed by atoms with Crippen LogP contribution in [0.25, 0.3) is 0 Å². The minimum absolute atomic E-state index is 0.423. The van der Waals surface area contributed by atoms with Gasteiger partial charge in [0.2, 0.25) is 0 Å². The third-order valence-electron chi connectivity index (χ3n) is 3.88. The van der Waals surface area contributed by atoms with Crippen LogP contribution in [-0.4, -0.2) is 28.6 Å². The number of nitrogens with two attached hydrogens (primary N) is 1. The number of hydrogen-bond acceptors (Lipinski definition) is 4. The molecule has 0 bridgehead atoms. The molecule has 7 nitrogen and oxygen atoms in total. The first-order valence-electron chi connectivity index (χ1n) is 7.78. The van der Waals surface area contributed by atoms with Gasteiger partial charge in [0.1, 0.15) is 6.29 Å². The maximum atomic E-state index is 11.6. The summed E-state index contributed by atoms with van der Waals surface area (Å²) in [7, 11) is -4.34. The number of carbonyl (C=O) groups excluding carboxylic acids is 1. The van der Waals surface area contributed by atoms with E-state index in [0.717, 1.165) is 17.5 Å². The lowest BCUT2D eigenvalue weighted by Crippen LogP contribution is -2.33. The zero-order valence-electron chi connectivity index (χ0n) is 13.9. The van der Waals surface area contributed by atoms with Crippen LogP contribution < -0.4 is 14.9 Å². The Morgan fingerprint density at radius 3 is 2.48 bits per heavy atom. The molecule has 1 aliphatic heterocycles. The second kappa shape index (κ2) is 7.91. The molecule has 2 aromatic rings. The molecule has 0 unspecified atom stereocenters. The lowest BCUT2D eigenvalue weighted by Gasteiger charge is -2.25. The standard InChI is InChI=1S/C16H16Cl2N3O4PS/c17-11-6-12(18)8-14(7-11)27-21(9-26(23,24)25)13-1-2-15-10(5-13)3-4-20(15)16(19)22/h1-2,5-8H,3-4,9H2,(H2,19,22)(H2,23,24,25). The first-order chi connectivity index (χ1) is 12.6. The van der Waals surface area contributed by atoms with Crippen molar-refractivity contribution < 1.29 is 19.1 Å². The van der Waals surface area contributed by atoms with E-state index in [2.05, 4.69) is 0 Å². The smallest absolute Gasteiger partial charge is 0.345 e. The largest absolute Gasteiger partial charge is 0.351 e. The number of hydrogen-bond donors (Lipinski definition) is 3. The van der Waals surface area contributed by atoms with E-state index < -0.39 is 19.9 Å². The van der Waals surface area contributed by atoms with Crippen molar-refractivity contribution in [1.82, 2.24) is 0 Å². The molecular formula is C16H16Cl2N3O4PS. The molecule has 1 aliphatic rings. The summed E-state index contributed by atoms with van der Waals surface area (Å²) in [6.07, 6.45) is 0.115. The van der Waals surface area contributed by atoms with Gasteiger partial charge in [0.05, 0.1) is 0 Å². The van der Waals surface area contributed by atoms with Gasteiger partial charge in [-0.1, -0.05) is 23.2 Å². The molecule has 2 amide bonds. The highest BCUT2D eigenvalue weighted by molar-refractivity contribution is 8.01. The Bertz CT molecular complexity index is 920. The molecule has 0 saturated carbocycles. The lowest BCUT2D eigenvalue weighted by atomic mass is 10.1. The van der Waals surface area contributed by atoms with Crippen molar-refractivity contribution in [2.24, 2.45) is 5.73 Å². The van der Waals surface area contributed by atoms with Crippen molar-refractivity contribution in [2.45, 2.75) is 11.3 Å². The van der Waals surface area contributed by atoms with E-state index in [9.17, 15) is 19.1 Å². The zero-order valence-corrected chi connectivity index (χ0v) is 17.1. The predicted molar refractivity (Wildman–Crippen MR) is 109 cm³/mol. The summed E-state index contributed by atoms with van der Waals surface area (Å²) in [6.45, 7) is 0.476. The summed E-state index contributed by atoms with van der Waals surface area (Å²) < 4.78 is 13.1. The first-order valence-corrected chi connectivity index (χ1v) is 11.1. The maximum absolute atomic E-state index is 11.6. The number of carbonyl (C=O) groups is 1. The van der Waals surface area contributed by atoms with E-state index >= 15 is 0 Å². The molecule has 0 spiro atoms. The maximum Gasteiger partial charge on any atom is 0.345 e. The summed E-state index contributed by atoms with van der Waals surface area (Å²) in [4.78, 5) is 32.5. The predicted octanol–water partition coefficient (Wildman–Crippen LogP) is 4.08. The third-order valence-corrected chi connectivity index (χ3v) is 6.16. The van der Waals surface area contributed by atoms with Gasteiger partial charge < -0.3 is 15.5 Å². The fraction of sp³-hybridized carbons (Fsp3) is 0.188. The van der Waals surface area contributed by atoms with E-state index in [0.29, 0.717) is 39.3 Å². The molecule has 2 aromatic carbocycles. The summed E-state index contributed by atoms with van der Waals surface area (Å²) in [5.74, 6) is 0. The molecule has 3 rings (SSSR count). The minimum atomic E-state index is -4.34. The van der Waals surface area contributed by atoms with Crippen molar-refractivity contribution in [3.63, 3.8) is 0 Å². The highest BCUT2D eigenvalue weighted by Gasteiger charge is 2.26. The molecule has 1 heterocycles. The molecule has 144 valence electrons. The molecular weight excluding hydrogens is 432 g/mol. The Morgan fingerprint density at radius 2 is 1.89 bits per heavy atom. The summed E-state index contributed by atoms with van der Waals surface area (Å²) >= 11 is 13.1. The van der Waals surface area contributed by atoms with Gasteiger partial charge in [-0.05, 0) is 60.3 Å². The number of benzene rings is 2. The molecule has 0 saturated heterocycles. The Kier molecular flexibility index (Phi) is 5.96. The molecule has 0 aromatic heterocycles. The monoisotopic (exact) mass is 447 g/mol. The summed E-state index contributed by atoms with van der Waals surface area (Å²) in [5.41, 5.74) is 7.54. The fourth-order valence-electron chi connectivity index (χ4n) is 2.81. The fourth-order valence-corrected chi connectivity index (χ4v) is 5.48. The Hall–Kier alpha value is -1.41. The van der Waals surface area contributed by atoms with Crippen molar-refractivity contribution in [1.29, 1.82) is 0 Å². The molecule has 0 fully saturated rings. The molecule has 11 heteroatoms. The Balaban J connectivity index is 1.94. The van der Waals surface area contributed by atoms with Gasteiger partial charge in [-0.2, -0.15) is 0 Å². The highest BCUT2D eigenvalue weighted by Crippen LogP contribution is 2.43. The van der Waals surface area contributed by atoms with Crippen LogP contribution in [0.3, 0.4) is 0 Å². The topological polar surface area (TPSA) is 107 Å². The number of urea groups is 1. The quantitative estimate of drug-likeness (QED) is 0.470. The van der Waals surface area contributed by atoms with Gasteiger partial charge in [-0.25, -0.2) is 4.79 Å². The van der Waals surface area contributed by atoms with Crippen LogP contribution in [0.4, 0.5) is 16.2 Å². The lowest BCUT2D eigenvalue weighted by molar-refractivity contribution is 0.254. The van der Waals surface area contributed by atoms with Crippen LogP contribution in [-0.2, 0) is 11.0 Å². The number of anilines is 2. The van der Waals surface area contributed by atoms with Gasteiger partial charge in [0, 0.05) is 32.9 Å². The average molecular weight is 448 g/mol. The number of halogens is 2. The van der Waals surface area contributed by atoms with E-state index in [1.807, 2.05) is 0 Å². The van der Waals surface area contributed by atoms with Gasteiger partial charge >= 0.3 is 13.6 Å². The molecule has 0 aliphatic carbocycles. The number of rotatable bonds is 5. The van der Waals surface area contributed by atoms with Crippen molar-refractivity contribution in [3.8, 4) is 0 Å². The molecule has 27 heavy (non-hydrogen) atoms. The Morgan fingerprint density at radius 1 is 1.22 bits per heavy atom. The molecule has 4 N–H and O–H groups in total. The van der Waals surface area contributed by atoms with E-state index in [1.54, 1.807) is 36.4 Å². The number of primary amides is 1. The van der Waals surface area contributed by atoms with Crippen LogP contribution in [0.5, 0.6) is 0 Å². The van der Waals surface area contributed by atoms with Gasteiger partial charge in [0.25, 0.3) is 0 Å². The van der Waals surface area contributed by atoms with Crippen molar-refractivity contribution >= 4 is 60.2 Å². The van der Waals surface area contributed by atoms with Gasteiger partial charge in [-0.15, -0.1) is 0 Å². The summed E-state index contributed by atoms with van der Waals surface area (Å²) in [5, 5.41) is 0.847. The first kappa shape index (κ1) is 20.3. The van der Waals surface area contributed by atoms with Crippen molar-refractivity contribution in [2.75, 3.05) is 22.0 Å². The average Bonchev–Trinajstić information content (AvgIpc) is 2.95. The van der Waals surface area contributed by atoms with Gasteiger partial charge in [-0.3, -0.25) is 13.8 Å². The van der Waals surface area contributed by atoms with Crippen LogP contribution in [0.1, 0.15) is 5.56 Å². The van der Waals surface area contributed by atoms with Crippen molar-refractivity contribution in [3.05, 3.63) is 52.0 Å². The van der Waals surface area contributed by atoms with E-state index in [1.165, 1.54) is 9.21 Å². The zero-order chi connectivity index (χ0) is 19.8. The van der Waals surface area contributed by atoms with Crippen LogP contribution in [0.15, 0.2) is 41.3 Å². The van der Waals surface area contributed by atoms with Crippen LogP contribution in [0.2, 0.25) is 10.0 Å².